The molecule has 1 N–H and O–H groups in total. The van der Waals surface area contributed by atoms with E-state index in [4.69, 9.17) is 0 Å². The van der Waals surface area contributed by atoms with Gasteiger partial charge in [-0.3, -0.25) is 4.55 Å². The summed E-state index contributed by atoms with van der Waals surface area (Å²) in [5.74, 6) is 0. The summed E-state index contributed by atoms with van der Waals surface area (Å²) in [5, 5.41) is 0.917. The second-order valence-corrected chi connectivity index (χ2v) is 14.5. The van der Waals surface area contributed by atoms with Gasteiger partial charge in [0.1, 0.15) is 0 Å². The summed E-state index contributed by atoms with van der Waals surface area (Å²) in [5.41, 5.74) is 3.02. The molecule has 0 aliphatic carbocycles. The Balaban J connectivity index is 4.00. The minimum Gasteiger partial charge on any atom is -0.282 e. The second-order valence-electron chi connectivity index (χ2n) is 7.33. The highest BCUT2D eigenvalue weighted by molar-refractivity contribution is 7.86. The van der Waals surface area contributed by atoms with Gasteiger partial charge in [-0.1, -0.05) is 53.2 Å². The zero-order chi connectivity index (χ0) is 17.5. The fourth-order valence-electron chi connectivity index (χ4n) is 4.55. The molecule has 0 aliphatic heterocycles. The lowest BCUT2D eigenvalue weighted by Gasteiger charge is -2.45. The summed E-state index contributed by atoms with van der Waals surface area (Å²) < 4.78 is 33.9. The van der Waals surface area contributed by atoms with Gasteiger partial charge in [0.25, 0.3) is 10.1 Å². The van der Waals surface area contributed by atoms with Gasteiger partial charge in [0.05, 0.1) is 13.0 Å². The summed E-state index contributed by atoms with van der Waals surface area (Å²) in [4.78, 5) is 0.132. The van der Waals surface area contributed by atoms with Crippen LogP contribution in [0, 0.1) is 13.8 Å². The summed E-state index contributed by atoms with van der Waals surface area (Å²) in [7, 11) is -6.39. The lowest BCUT2D eigenvalue weighted by molar-refractivity contribution is 0.483. The van der Waals surface area contributed by atoms with Gasteiger partial charge in [0.15, 0.2) is 0 Å². The smallest absolute Gasteiger partial charge is 0.282 e. The maximum atomic E-state index is 12.1. The van der Waals surface area contributed by atoms with Crippen molar-refractivity contribution in [3.8, 4) is 0 Å². The van der Waals surface area contributed by atoms with E-state index in [0.717, 1.165) is 16.3 Å². The average molecular weight is 343 g/mol. The highest BCUT2D eigenvalue weighted by Gasteiger charge is 2.47. The molecule has 1 aromatic carbocycles. The molecule has 0 aliphatic rings. The molecule has 3 nitrogen and oxygen atoms in total. The lowest BCUT2D eigenvalue weighted by Crippen LogP contribution is -2.58. The van der Waals surface area contributed by atoms with E-state index in [9.17, 15) is 13.0 Å². The van der Waals surface area contributed by atoms with Gasteiger partial charge in [-0.05, 0) is 47.3 Å². The Hall–Kier alpha value is -0.653. The van der Waals surface area contributed by atoms with Crippen LogP contribution in [0.4, 0.5) is 0 Å². The van der Waals surface area contributed by atoms with Crippen molar-refractivity contribution >= 4 is 23.4 Å². The summed E-state index contributed by atoms with van der Waals surface area (Å²) >= 11 is 0. The largest absolute Gasteiger partial charge is 0.294 e. The molecule has 0 heterocycles. The summed E-state index contributed by atoms with van der Waals surface area (Å²) in [6.45, 7) is 17.0. The standard InChI is InChI=1S/C17H30O3SSi/c1-11(2)22(12(3)4,13(5)6)17-15(8)9-14(7)10-16(17)21(18,19)20/h9-13H,1-8H3,(H,18,19,20). The second kappa shape index (κ2) is 6.46. The van der Waals surface area contributed by atoms with Gasteiger partial charge in [0, 0.05) is 0 Å². The van der Waals surface area contributed by atoms with E-state index in [0.29, 0.717) is 16.6 Å². The molecule has 0 unspecified atom stereocenters. The first-order valence-electron chi connectivity index (χ1n) is 7.95. The number of aryl methyl sites for hydroxylation is 2. The highest BCUT2D eigenvalue weighted by Crippen LogP contribution is 2.42. The Kier molecular flexibility index (Phi) is 5.69. The van der Waals surface area contributed by atoms with Crippen LogP contribution in [0.15, 0.2) is 17.0 Å². The van der Waals surface area contributed by atoms with Gasteiger partial charge < -0.3 is 0 Å². The fraction of sp³-hybridized carbons (Fsp3) is 0.647. The fourth-order valence-corrected chi connectivity index (χ4v) is 13.2. The van der Waals surface area contributed by atoms with Gasteiger partial charge in [-0.15, -0.1) is 0 Å². The molecule has 0 saturated carbocycles. The molecule has 1 aromatic rings. The van der Waals surface area contributed by atoms with E-state index in [1.165, 1.54) is 0 Å². The molecule has 0 atom stereocenters. The third-order valence-corrected chi connectivity index (χ3v) is 13.3. The van der Waals surface area contributed by atoms with Crippen molar-refractivity contribution in [2.45, 2.75) is 76.9 Å². The van der Waals surface area contributed by atoms with E-state index < -0.39 is 18.2 Å². The lowest BCUT2D eigenvalue weighted by atomic mass is 10.1. The Bertz CT molecular complexity index is 624. The number of hydrogen-bond donors (Lipinski definition) is 1. The average Bonchev–Trinajstić information content (AvgIpc) is 2.29. The molecular weight excluding hydrogens is 312 g/mol. The van der Waals surface area contributed by atoms with Crippen molar-refractivity contribution in [1.29, 1.82) is 0 Å². The molecule has 0 saturated heterocycles. The van der Waals surface area contributed by atoms with Gasteiger partial charge in [0.2, 0.25) is 0 Å². The van der Waals surface area contributed by atoms with Crippen molar-refractivity contribution < 1.29 is 13.0 Å². The van der Waals surface area contributed by atoms with E-state index in [1.54, 1.807) is 6.07 Å². The predicted octanol–water partition coefficient (Wildman–Crippen LogP) is 4.44. The zero-order valence-electron chi connectivity index (χ0n) is 15.1. The topological polar surface area (TPSA) is 54.4 Å². The van der Waals surface area contributed by atoms with Crippen molar-refractivity contribution in [3.05, 3.63) is 23.3 Å². The van der Waals surface area contributed by atoms with Crippen LogP contribution >= 0.6 is 0 Å². The molecule has 0 radical (unpaired) electrons. The van der Waals surface area contributed by atoms with Crippen LogP contribution in [0.3, 0.4) is 0 Å². The van der Waals surface area contributed by atoms with Crippen LogP contribution in [-0.4, -0.2) is 21.0 Å². The van der Waals surface area contributed by atoms with Crippen molar-refractivity contribution in [2.75, 3.05) is 0 Å². The van der Waals surface area contributed by atoms with Crippen molar-refractivity contribution in [2.24, 2.45) is 0 Å². The first kappa shape index (κ1) is 19.4. The van der Waals surface area contributed by atoms with E-state index in [-0.39, 0.29) is 4.90 Å². The number of rotatable bonds is 5. The normalized spacial score (nSPS) is 13.5. The predicted molar refractivity (Wildman–Crippen MR) is 96.4 cm³/mol. The summed E-state index contributed by atoms with van der Waals surface area (Å²) in [6, 6.07) is 3.67. The van der Waals surface area contributed by atoms with Crippen LogP contribution in [0.1, 0.15) is 52.7 Å². The molecule has 0 bridgehead atoms. The summed E-state index contributed by atoms with van der Waals surface area (Å²) in [6.07, 6.45) is 0. The molecule has 0 spiro atoms. The minimum absolute atomic E-state index is 0.132. The van der Waals surface area contributed by atoms with E-state index in [1.807, 2.05) is 19.9 Å². The first-order chi connectivity index (χ1) is 9.86. The zero-order valence-corrected chi connectivity index (χ0v) is 16.9. The molecule has 1 rings (SSSR count). The number of hydrogen-bond acceptors (Lipinski definition) is 2. The number of benzene rings is 1. The Morgan fingerprint density at radius 1 is 0.909 bits per heavy atom. The molecule has 0 amide bonds. The van der Waals surface area contributed by atoms with Crippen LogP contribution in [0.25, 0.3) is 0 Å². The quantitative estimate of drug-likeness (QED) is 0.636. The Morgan fingerprint density at radius 2 is 1.32 bits per heavy atom. The Labute approximate surface area is 136 Å². The van der Waals surface area contributed by atoms with Crippen LogP contribution in [0.2, 0.25) is 16.6 Å². The van der Waals surface area contributed by atoms with Gasteiger partial charge >= 0.3 is 0 Å². The van der Waals surface area contributed by atoms with Gasteiger partial charge in [-0.25, -0.2) is 0 Å². The first-order valence-corrected chi connectivity index (χ1v) is 11.6. The van der Waals surface area contributed by atoms with Crippen molar-refractivity contribution in [3.63, 3.8) is 0 Å². The maximum Gasteiger partial charge on any atom is 0.294 e. The molecule has 0 fully saturated rings. The van der Waals surface area contributed by atoms with E-state index >= 15 is 0 Å². The third-order valence-electron chi connectivity index (χ3n) is 5.02. The van der Waals surface area contributed by atoms with Gasteiger partial charge in [-0.2, -0.15) is 8.42 Å². The van der Waals surface area contributed by atoms with Crippen LogP contribution in [-0.2, 0) is 10.1 Å². The molecule has 22 heavy (non-hydrogen) atoms. The Morgan fingerprint density at radius 3 is 1.64 bits per heavy atom. The monoisotopic (exact) mass is 342 g/mol. The van der Waals surface area contributed by atoms with Crippen LogP contribution < -0.4 is 5.19 Å². The van der Waals surface area contributed by atoms with Crippen molar-refractivity contribution in [1.82, 2.24) is 0 Å². The SMILES string of the molecule is Cc1cc(C)c([Si](C(C)C)(C(C)C)C(C)C)c(S(=O)(=O)O)c1. The third kappa shape index (κ3) is 3.17. The maximum absolute atomic E-state index is 12.1. The minimum atomic E-state index is -4.23. The highest BCUT2D eigenvalue weighted by atomic mass is 32.2. The van der Waals surface area contributed by atoms with E-state index in [2.05, 4.69) is 41.5 Å². The molecule has 5 heteroatoms. The molecule has 0 aromatic heterocycles. The molecule has 126 valence electrons. The van der Waals surface area contributed by atoms with Crippen LogP contribution in [0.5, 0.6) is 0 Å². The molecular formula is C17H30O3SSi.